The molecule has 0 spiro atoms. The zero-order valence-electron chi connectivity index (χ0n) is 11.5. The van der Waals surface area contributed by atoms with E-state index in [0.29, 0.717) is 6.54 Å². The monoisotopic (exact) mass is 332 g/mol. The topological polar surface area (TPSA) is 41.1 Å². The Hall–Kier alpha value is -1.81. The van der Waals surface area contributed by atoms with Gasteiger partial charge < -0.3 is 10.6 Å². The van der Waals surface area contributed by atoms with Crippen LogP contribution in [0.3, 0.4) is 0 Å². The molecule has 0 atom stereocenters. The minimum atomic E-state index is -0.193. The summed E-state index contributed by atoms with van der Waals surface area (Å²) in [6, 6.07) is 13.5. The second-order valence-electron chi connectivity index (χ2n) is 4.68. The highest BCUT2D eigenvalue weighted by Gasteiger charge is 2.05. The molecule has 3 nitrogen and oxygen atoms in total. The zero-order valence-corrected chi connectivity index (χ0v) is 13.1. The lowest BCUT2D eigenvalue weighted by atomic mass is 10.1. The van der Waals surface area contributed by atoms with Gasteiger partial charge in [-0.3, -0.25) is 0 Å². The van der Waals surface area contributed by atoms with Gasteiger partial charge in [0.15, 0.2) is 0 Å². The predicted octanol–water partition coefficient (Wildman–Crippen LogP) is 4.39. The van der Waals surface area contributed by atoms with E-state index in [-0.39, 0.29) is 6.03 Å². The fourth-order valence-corrected chi connectivity index (χ4v) is 2.10. The molecule has 0 saturated carbocycles. The Morgan fingerprint density at radius 3 is 2.50 bits per heavy atom. The Morgan fingerprint density at radius 1 is 1.10 bits per heavy atom. The Morgan fingerprint density at radius 2 is 1.80 bits per heavy atom. The van der Waals surface area contributed by atoms with E-state index in [9.17, 15) is 4.79 Å². The van der Waals surface area contributed by atoms with Crippen LogP contribution in [-0.2, 0) is 6.54 Å². The standard InChI is InChI=1S/C16H17BrN2O/c1-11-4-3-5-15(12(11)2)19-16(20)18-10-13-6-8-14(17)9-7-13/h3-9H,10H2,1-2H3,(H2,18,19,20). The third kappa shape index (κ3) is 3.84. The summed E-state index contributed by atoms with van der Waals surface area (Å²) < 4.78 is 1.03. The maximum absolute atomic E-state index is 11.9. The number of carbonyl (C=O) groups is 1. The van der Waals surface area contributed by atoms with E-state index >= 15 is 0 Å². The lowest BCUT2D eigenvalue weighted by molar-refractivity contribution is 0.251. The highest BCUT2D eigenvalue weighted by Crippen LogP contribution is 2.17. The summed E-state index contributed by atoms with van der Waals surface area (Å²) in [5, 5.41) is 5.72. The van der Waals surface area contributed by atoms with Crippen molar-refractivity contribution >= 4 is 27.6 Å². The van der Waals surface area contributed by atoms with Crippen molar-refractivity contribution in [3.05, 3.63) is 63.6 Å². The van der Waals surface area contributed by atoms with Crippen molar-refractivity contribution in [1.82, 2.24) is 5.32 Å². The molecule has 0 aliphatic carbocycles. The van der Waals surface area contributed by atoms with Crippen LogP contribution in [0.2, 0.25) is 0 Å². The van der Waals surface area contributed by atoms with Gasteiger partial charge >= 0.3 is 6.03 Å². The van der Waals surface area contributed by atoms with Gasteiger partial charge in [-0.2, -0.15) is 0 Å². The van der Waals surface area contributed by atoms with Crippen LogP contribution in [0.5, 0.6) is 0 Å². The molecule has 0 radical (unpaired) electrons. The first kappa shape index (κ1) is 14.6. The second kappa shape index (κ2) is 6.57. The van der Waals surface area contributed by atoms with Gasteiger partial charge in [-0.15, -0.1) is 0 Å². The number of rotatable bonds is 3. The molecule has 0 aliphatic rings. The van der Waals surface area contributed by atoms with E-state index in [1.807, 2.05) is 56.3 Å². The third-order valence-corrected chi connectivity index (χ3v) is 3.75. The number of aryl methyl sites for hydroxylation is 1. The number of nitrogens with one attached hydrogen (secondary N) is 2. The van der Waals surface area contributed by atoms with Crippen molar-refractivity contribution in [2.45, 2.75) is 20.4 Å². The molecule has 104 valence electrons. The molecule has 4 heteroatoms. The summed E-state index contributed by atoms with van der Waals surface area (Å²) in [5.74, 6) is 0. The van der Waals surface area contributed by atoms with E-state index in [1.165, 1.54) is 0 Å². The molecule has 2 aromatic carbocycles. The Balaban J connectivity index is 1.92. The van der Waals surface area contributed by atoms with Gasteiger partial charge in [-0.25, -0.2) is 4.79 Å². The van der Waals surface area contributed by atoms with Crippen molar-refractivity contribution < 1.29 is 4.79 Å². The van der Waals surface area contributed by atoms with Gasteiger partial charge in [0, 0.05) is 16.7 Å². The van der Waals surface area contributed by atoms with Crippen LogP contribution in [-0.4, -0.2) is 6.03 Å². The molecule has 0 fully saturated rings. The molecule has 0 unspecified atom stereocenters. The summed E-state index contributed by atoms with van der Waals surface area (Å²) in [5.41, 5.74) is 4.16. The molecule has 2 amide bonds. The predicted molar refractivity (Wildman–Crippen MR) is 85.9 cm³/mol. The fraction of sp³-hybridized carbons (Fsp3) is 0.188. The number of hydrogen-bond acceptors (Lipinski definition) is 1. The minimum absolute atomic E-state index is 0.193. The van der Waals surface area contributed by atoms with Gasteiger partial charge in [0.2, 0.25) is 0 Å². The zero-order chi connectivity index (χ0) is 14.5. The SMILES string of the molecule is Cc1cccc(NC(=O)NCc2ccc(Br)cc2)c1C. The van der Waals surface area contributed by atoms with E-state index < -0.39 is 0 Å². The number of benzene rings is 2. The normalized spacial score (nSPS) is 10.2. The summed E-state index contributed by atoms with van der Waals surface area (Å²) in [4.78, 5) is 11.9. The first-order valence-electron chi connectivity index (χ1n) is 6.42. The number of amides is 2. The van der Waals surface area contributed by atoms with Crippen molar-refractivity contribution in [2.24, 2.45) is 0 Å². The summed E-state index contributed by atoms with van der Waals surface area (Å²) in [7, 11) is 0. The van der Waals surface area contributed by atoms with Gasteiger partial charge in [-0.1, -0.05) is 40.2 Å². The lowest BCUT2D eigenvalue weighted by Gasteiger charge is -2.11. The highest BCUT2D eigenvalue weighted by molar-refractivity contribution is 9.10. The maximum Gasteiger partial charge on any atom is 0.319 e. The van der Waals surface area contributed by atoms with E-state index in [1.54, 1.807) is 0 Å². The molecule has 2 rings (SSSR count). The van der Waals surface area contributed by atoms with Gasteiger partial charge in [0.25, 0.3) is 0 Å². The molecule has 0 aliphatic heterocycles. The second-order valence-corrected chi connectivity index (χ2v) is 5.60. The van der Waals surface area contributed by atoms with E-state index in [0.717, 1.165) is 26.9 Å². The molecule has 0 bridgehead atoms. The molecule has 0 aromatic heterocycles. The van der Waals surface area contributed by atoms with Crippen LogP contribution in [0.25, 0.3) is 0 Å². The molecule has 2 N–H and O–H groups in total. The fourth-order valence-electron chi connectivity index (χ4n) is 1.84. The molecule has 2 aromatic rings. The third-order valence-electron chi connectivity index (χ3n) is 3.22. The number of halogens is 1. The van der Waals surface area contributed by atoms with Gasteiger partial charge in [0.1, 0.15) is 0 Å². The average Bonchev–Trinajstić information content (AvgIpc) is 2.43. The van der Waals surface area contributed by atoms with Crippen molar-refractivity contribution in [3.8, 4) is 0 Å². The van der Waals surface area contributed by atoms with E-state index in [4.69, 9.17) is 0 Å². The van der Waals surface area contributed by atoms with Crippen LogP contribution in [0.1, 0.15) is 16.7 Å². The first-order chi connectivity index (χ1) is 9.56. The van der Waals surface area contributed by atoms with E-state index in [2.05, 4.69) is 26.6 Å². The number of carbonyl (C=O) groups excluding carboxylic acids is 1. The Kier molecular flexibility index (Phi) is 4.79. The average molecular weight is 333 g/mol. The highest BCUT2D eigenvalue weighted by atomic mass is 79.9. The molecular weight excluding hydrogens is 316 g/mol. The smallest absolute Gasteiger partial charge is 0.319 e. The number of urea groups is 1. The van der Waals surface area contributed by atoms with Crippen molar-refractivity contribution in [1.29, 1.82) is 0 Å². The summed E-state index contributed by atoms with van der Waals surface area (Å²) in [6.07, 6.45) is 0. The minimum Gasteiger partial charge on any atom is -0.334 e. The maximum atomic E-state index is 11.9. The van der Waals surface area contributed by atoms with Gasteiger partial charge in [-0.05, 0) is 48.7 Å². The van der Waals surface area contributed by atoms with Gasteiger partial charge in [0.05, 0.1) is 0 Å². The molecule has 0 saturated heterocycles. The van der Waals surface area contributed by atoms with Crippen LogP contribution >= 0.6 is 15.9 Å². The largest absolute Gasteiger partial charge is 0.334 e. The molecule has 0 heterocycles. The summed E-state index contributed by atoms with van der Waals surface area (Å²) >= 11 is 3.38. The Labute approximate surface area is 127 Å². The molecule has 20 heavy (non-hydrogen) atoms. The summed E-state index contributed by atoms with van der Waals surface area (Å²) in [6.45, 7) is 4.53. The van der Waals surface area contributed by atoms with Crippen molar-refractivity contribution in [3.63, 3.8) is 0 Å². The van der Waals surface area contributed by atoms with Crippen LogP contribution in [0.4, 0.5) is 10.5 Å². The number of anilines is 1. The van der Waals surface area contributed by atoms with Crippen molar-refractivity contribution in [2.75, 3.05) is 5.32 Å². The van der Waals surface area contributed by atoms with Crippen LogP contribution in [0.15, 0.2) is 46.9 Å². The van der Waals surface area contributed by atoms with Crippen LogP contribution in [0, 0.1) is 13.8 Å². The molecular formula is C16H17BrN2O. The number of hydrogen-bond donors (Lipinski definition) is 2. The quantitative estimate of drug-likeness (QED) is 0.859. The Bertz CT molecular complexity index is 608. The first-order valence-corrected chi connectivity index (χ1v) is 7.21. The lowest BCUT2D eigenvalue weighted by Crippen LogP contribution is -2.28. The van der Waals surface area contributed by atoms with Crippen LogP contribution < -0.4 is 10.6 Å².